The van der Waals surface area contributed by atoms with Gasteiger partial charge in [0.25, 0.3) is 0 Å². The average Bonchev–Trinajstić information content (AvgIpc) is 1.87. The Morgan fingerprint density at radius 3 is 2.36 bits per heavy atom. The third-order valence-corrected chi connectivity index (χ3v) is 1.04. The molecule has 0 aliphatic rings. The predicted molar refractivity (Wildman–Crippen MR) is 45.8 cm³/mol. The number of nitrogens with zero attached hydrogens (tertiary/aromatic N) is 1. The largest absolute Gasteiger partial charge is 0.489 e. The smallest absolute Gasteiger partial charge is 0.423 e. The zero-order valence-corrected chi connectivity index (χ0v) is 6.57. The number of allylic oxidation sites excluding steroid dienone is 2. The molecule has 0 bridgehead atoms. The molecule has 4 nitrogen and oxygen atoms in total. The molecule has 0 radical (unpaired) electrons. The van der Waals surface area contributed by atoms with E-state index in [0.717, 1.165) is 0 Å². The first-order valence-electron chi connectivity index (χ1n) is 3.19. The van der Waals surface area contributed by atoms with Gasteiger partial charge in [-0.1, -0.05) is 6.08 Å². The molecular formula is C6H11BN2O2. The molecule has 0 aromatic carbocycles. The lowest BCUT2D eigenvalue weighted by Crippen LogP contribution is -2.16. The van der Waals surface area contributed by atoms with Gasteiger partial charge in [0.1, 0.15) is 5.84 Å². The molecule has 0 aromatic heterocycles. The molecule has 0 saturated heterocycles. The van der Waals surface area contributed by atoms with E-state index in [1.165, 1.54) is 19.2 Å². The zero-order chi connectivity index (χ0) is 8.85. The van der Waals surface area contributed by atoms with Crippen LogP contribution in [-0.2, 0) is 0 Å². The highest BCUT2D eigenvalue weighted by atomic mass is 16.4. The van der Waals surface area contributed by atoms with Crippen molar-refractivity contribution >= 4 is 19.2 Å². The summed E-state index contributed by atoms with van der Waals surface area (Å²) in [6.45, 7) is 3.17. The Kier molecular flexibility index (Phi) is 4.41. The maximum absolute atomic E-state index is 8.65. The van der Waals surface area contributed by atoms with Crippen LogP contribution in [0.4, 0.5) is 0 Å². The van der Waals surface area contributed by atoms with Gasteiger partial charge in [-0.05, 0) is 19.3 Å². The Labute approximate surface area is 65.9 Å². The normalized spacial score (nSPS) is 12.2. The van der Waals surface area contributed by atoms with E-state index >= 15 is 0 Å². The van der Waals surface area contributed by atoms with Crippen molar-refractivity contribution in [2.45, 2.75) is 13.8 Å². The van der Waals surface area contributed by atoms with Crippen LogP contribution in [0.25, 0.3) is 0 Å². The lowest BCUT2D eigenvalue weighted by atomic mass is 9.80. The monoisotopic (exact) mass is 154 g/mol. The highest BCUT2D eigenvalue weighted by Gasteiger charge is 2.10. The summed E-state index contributed by atoms with van der Waals surface area (Å²) in [6.07, 6.45) is 2.78. The molecule has 0 aliphatic heterocycles. The molecule has 0 aliphatic carbocycles. The van der Waals surface area contributed by atoms with Crippen molar-refractivity contribution in [2.24, 2.45) is 4.99 Å². The van der Waals surface area contributed by atoms with Crippen molar-refractivity contribution in [1.82, 2.24) is 0 Å². The molecule has 3 N–H and O–H groups in total. The predicted octanol–water partition coefficient (Wildman–Crippen LogP) is 0.0127. The lowest BCUT2D eigenvalue weighted by molar-refractivity contribution is 0.422. The van der Waals surface area contributed by atoms with Gasteiger partial charge in [0, 0.05) is 6.21 Å². The average molecular weight is 154 g/mol. The molecule has 0 saturated carbocycles. The summed E-state index contributed by atoms with van der Waals surface area (Å²) in [5.41, 5.74) is 0.289. The minimum absolute atomic E-state index is 0.130. The van der Waals surface area contributed by atoms with Crippen LogP contribution in [0.3, 0.4) is 0 Å². The van der Waals surface area contributed by atoms with Crippen LogP contribution in [0, 0.1) is 5.41 Å². The van der Waals surface area contributed by atoms with Gasteiger partial charge in [-0.25, -0.2) is 4.99 Å². The Hall–Kier alpha value is -0.935. The van der Waals surface area contributed by atoms with Crippen molar-refractivity contribution in [3.05, 3.63) is 11.5 Å². The van der Waals surface area contributed by atoms with Gasteiger partial charge >= 0.3 is 7.12 Å². The van der Waals surface area contributed by atoms with Crippen LogP contribution in [0.2, 0.25) is 0 Å². The first-order valence-corrected chi connectivity index (χ1v) is 3.19. The van der Waals surface area contributed by atoms with Gasteiger partial charge in [-0.2, -0.15) is 0 Å². The van der Waals surface area contributed by atoms with Crippen LogP contribution in [0.5, 0.6) is 0 Å². The summed E-state index contributed by atoms with van der Waals surface area (Å²) < 4.78 is 0. The van der Waals surface area contributed by atoms with E-state index in [4.69, 9.17) is 15.5 Å². The number of aliphatic imine (C=N–C) groups is 1. The molecule has 0 spiro atoms. The molecule has 5 heteroatoms. The molecule has 0 amide bonds. The molecule has 0 atom stereocenters. The maximum Gasteiger partial charge on any atom is 0.489 e. The van der Waals surface area contributed by atoms with Crippen molar-refractivity contribution in [2.75, 3.05) is 0 Å². The SMILES string of the molecule is C/C=C(\C=N/C(C)=N)B(O)O. The third-order valence-electron chi connectivity index (χ3n) is 1.04. The van der Waals surface area contributed by atoms with E-state index in [1.54, 1.807) is 6.92 Å². The molecule has 0 fully saturated rings. The summed E-state index contributed by atoms with van der Waals surface area (Å²) in [5.74, 6) is 0.130. The highest BCUT2D eigenvalue weighted by Crippen LogP contribution is 1.91. The molecule has 0 unspecified atom stereocenters. The van der Waals surface area contributed by atoms with Crippen molar-refractivity contribution in [3.8, 4) is 0 Å². The van der Waals surface area contributed by atoms with Crippen molar-refractivity contribution in [1.29, 1.82) is 5.41 Å². The number of amidine groups is 1. The zero-order valence-electron chi connectivity index (χ0n) is 6.57. The van der Waals surface area contributed by atoms with E-state index in [0.29, 0.717) is 0 Å². The molecule has 60 valence electrons. The molecular weight excluding hydrogens is 143 g/mol. The number of nitrogens with one attached hydrogen (secondary N) is 1. The van der Waals surface area contributed by atoms with Gasteiger partial charge < -0.3 is 10.0 Å². The van der Waals surface area contributed by atoms with Gasteiger partial charge in [-0.15, -0.1) is 0 Å². The van der Waals surface area contributed by atoms with Gasteiger partial charge in [0.2, 0.25) is 0 Å². The summed E-state index contributed by atoms with van der Waals surface area (Å²) in [5, 5.41) is 24.2. The standard InChI is InChI=1S/C6H11BN2O2/c1-3-6(7(10)11)4-9-5(2)8/h3-4,8,10-11H,1-2H3/b6-3+,8-5?,9-4-. The van der Waals surface area contributed by atoms with Gasteiger partial charge in [0.05, 0.1) is 0 Å². The fraction of sp³-hybridized carbons (Fsp3) is 0.333. The lowest BCUT2D eigenvalue weighted by Gasteiger charge is -1.95. The van der Waals surface area contributed by atoms with E-state index < -0.39 is 7.12 Å². The van der Waals surface area contributed by atoms with Crippen LogP contribution in [0.15, 0.2) is 16.5 Å². The topological polar surface area (TPSA) is 76.7 Å². The van der Waals surface area contributed by atoms with Crippen LogP contribution < -0.4 is 0 Å². The van der Waals surface area contributed by atoms with Gasteiger partial charge in [-0.3, -0.25) is 5.41 Å². The molecule has 0 heterocycles. The minimum Gasteiger partial charge on any atom is -0.423 e. The first kappa shape index (κ1) is 10.1. The van der Waals surface area contributed by atoms with Crippen molar-refractivity contribution < 1.29 is 10.0 Å². The fourth-order valence-corrected chi connectivity index (χ4v) is 0.462. The second kappa shape index (κ2) is 4.82. The van der Waals surface area contributed by atoms with E-state index in [2.05, 4.69) is 4.99 Å². The van der Waals surface area contributed by atoms with Crippen LogP contribution in [-0.4, -0.2) is 29.2 Å². The highest BCUT2D eigenvalue weighted by molar-refractivity contribution is 6.57. The molecule has 11 heavy (non-hydrogen) atoms. The second-order valence-electron chi connectivity index (χ2n) is 2.01. The summed E-state index contributed by atoms with van der Waals surface area (Å²) in [7, 11) is -1.51. The van der Waals surface area contributed by atoms with E-state index in [9.17, 15) is 0 Å². The Morgan fingerprint density at radius 1 is 1.55 bits per heavy atom. The number of hydrogen-bond donors (Lipinski definition) is 3. The molecule has 0 aromatic rings. The number of hydrogen-bond acceptors (Lipinski definition) is 3. The molecule has 0 rings (SSSR count). The Bertz CT molecular complexity index is 199. The second-order valence-corrected chi connectivity index (χ2v) is 2.01. The fourth-order valence-electron chi connectivity index (χ4n) is 0.462. The van der Waals surface area contributed by atoms with Gasteiger partial charge in [0.15, 0.2) is 0 Å². The van der Waals surface area contributed by atoms with E-state index in [-0.39, 0.29) is 11.3 Å². The van der Waals surface area contributed by atoms with Crippen LogP contribution in [0.1, 0.15) is 13.8 Å². The Balaban J connectivity index is 4.22. The quantitative estimate of drug-likeness (QED) is 0.297. The first-order chi connectivity index (χ1) is 5.07. The number of rotatable bonds is 2. The van der Waals surface area contributed by atoms with Crippen LogP contribution >= 0.6 is 0 Å². The minimum atomic E-state index is -1.51. The third kappa shape index (κ3) is 4.47. The Morgan fingerprint density at radius 2 is 2.09 bits per heavy atom. The summed E-state index contributed by atoms with van der Waals surface area (Å²) >= 11 is 0. The summed E-state index contributed by atoms with van der Waals surface area (Å²) in [6, 6.07) is 0. The van der Waals surface area contributed by atoms with E-state index in [1.807, 2.05) is 0 Å². The maximum atomic E-state index is 8.65. The van der Waals surface area contributed by atoms with Crippen molar-refractivity contribution in [3.63, 3.8) is 0 Å². The summed E-state index contributed by atoms with van der Waals surface area (Å²) in [4.78, 5) is 3.59.